The van der Waals surface area contributed by atoms with E-state index < -0.39 is 0 Å². The van der Waals surface area contributed by atoms with Gasteiger partial charge in [-0.2, -0.15) is 0 Å². The van der Waals surface area contributed by atoms with Gasteiger partial charge in [0.25, 0.3) is 5.56 Å². The first kappa shape index (κ1) is 17.0. The fourth-order valence-electron chi connectivity index (χ4n) is 2.25. The van der Waals surface area contributed by atoms with Crippen molar-refractivity contribution in [1.82, 2.24) is 14.5 Å². The minimum Gasteiger partial charge on any atom is -0.348 e. The van der Waals surface area contributed by atoms with Crippen molar-refractivity contribution in [2.24, 2.45) is 0 Å². The molecule has 5 nitrogen and oxygen atoms in total. The Morgan fingerprint density at radius 3 is 2.59 bits per heavy atom. The Hall–Kier alpha value is -1.34. The molecule has 0 radical (unpaired) electrons. The number of thioether (sulfide) groups is 1. The van der Waals surface area contributed by atoms with Crippen LogP contribution in [0, 0.1) is 13.8 Å². The highest BCUT2D eigenvalue weighted by Crippen LogP contribution is 2.29. The topological polar surface area (TPSA) is 55.2 Å². The van der Waals surface area contributed by atoms with E-state index in [1.54, 1.807) is 23.6 Å². The van der Waals surface area contributed by atoms with E-state index in [1.165, 1.54) is 23.1 Å². The lowest BCUT2D eigenvalue weighted by Crippen LogP contribution is -2.31. The molecule has 0 fully saturated rings. The molecule has 2 heterocycles. The lowest BCUT2D eigenvalue weighted by molar-refractivity contribution is -0.127. The molecular weight excluding hydrogens is 318 g/mol. The first-order valence-corrected chi connectivity index (χ1v) is 8.85. The third-order valence-electron chi connectivity index (χ3n) is 3.64. The summed E-state index contributed by atoms with van der Waals surface area (Å²) >= 11 is 2.88. The van der Waals surface area contributed by atoms with Gasteiger partial charge in [0.15, 0.2) is 5.16 Å². The highest BCUT2D eigenvalue weighted by molar-refractivity contribution is 8.00. The summed E-state index contributed by atoms with van der Waals surface area (Å²) in [5.74, 6) is 0.0144. The second-order valence-electron chi connectivity index (χ2n) is 5.40. The van der Waals surface area contributed by atoms with Gasteiger partial charge in [-0.1, -0.05) is 11.8 Å². The van der Waals surface area contributed by atoms with Crippen LogP contribution >= 0.6 is 23.1 Å². The molecule has 2 rings (SSSR count). The molecule has 1 atom stereocenters. The Kier molecular flexibility index (Phi) is 4.97. The number of aromatic nitrogens is 2. The molecule has 0 N–H and O–H groups in total. The molecule has 0 saturated heterocycles. The normalized spacial score (nSPS) is 12.6. The number of amides is 1. The first-order chi connectivity index (χ1) is 10.3. The number of rotatable bonds is 4. The van der Waals surface area contributed by atoms with Crippen LogP contribution in [0.3, 0.4) is 0 Å². The van der Waals surface area contributed by atoms with Gasteiger partial charge >= 0.3 is 0 Å². The zero-order chi connectivity index (χ0) is 16.6. The number of carbonyl (C=O) groups excluding carboxylic acids is 1. The third kappa shape index (κ3) is 2.92. The molecule has 2 aromatic rings. The maximum absolute atomic E-state index is 12.7. The molecule has 0 saturated carbocycles. The molecule has 0 aliphatic rings. The fraction of sp³-hybridized carbons (Fsp3) is 0.533. The van der Waals surface area contributed by atoms with Crippen LogP contribution in [-0.4, -0.2) is 39.7 Å². The second kappa shape index (κ2) is 6.42. The summed E-state index contributed by atoms with van der Waals surface area (Å²) in [7, 11) is 3.46. The van der Waals surface area contributed by atoms with Gasteiger partial charge in [0, 0.05) is 25.5 Å². The quantitative estimate of drug-likeness (QED) is 0.635. The van der Waals surface area contributed by atoms with Gasteiger partial charge in [0.05, 0.1) is 10.6 Å². The molecule has 1 amide bonds. The second-order valence-corrected chi connectivity index (χ2v) is 7.91. The van der Waals surface area contributed by atoms with E-state index in [-0.39, 0.29) is 16.7 Å². The number of fused-ring (bicyclic) bond motifs is 1. The van der Waals surface area contributed by atoms with Crippen molar-refractivity contribution in [3.8, 4) is 0 Å². The van der Waals surface area contributed by atoms with Gasteiger partial charge in [-0.15, -0.1) is 11.3 Å². The lowest BCUT2D eigenvalue weighted by atomic mass is 10.2. The predicted octanol–water partition coefficient (Wildman–Crippen LogP) is 2.66. The summed E-state index contributed by atoms with van der Waals surface area (Å²) in [5.41, 5.74) is 0.995. The van der Waals surface area contributed by atoms with E-state index in [0.29, 0.717) is 17.1 Å². The Labute approximate surface area is 138 Å². The van der Waals surface area contributed by atoms with Crippen LogP contribution in [-0.2, 0) is 11.3 Å². The van der Waals surface area contributed by atoms with E-state index in [4.69, 9.17) is 0 Å². The maximum atomic E-state index is 12.7. The minimum atomic E-state index is -0.278. The molecule has 0 aliphatic heterocycles. The number of hydrogen-bond acceptors (Lipinski definition) is 5. The van der Waals surface area contributed by atoms with Gasteiger partial charge in [-0.25, -0.2) is 4.98 Å². The van der Waals surface area contributed by atoms with Crippen LogP contribution < -0.4 is 5.56 Å². The van der Waals surface area contributed by atoms with E-state index in [2.05, 4.69) is 4.98 Å². The molecule has 0 bridgehead atoms. The van der Waals surface area contributed by atoms with Gasteiger partial charge in [-0.3, -0.25) is 14.2 Å². The lowest BCUT2D eigenvalue weighted by Gasteiger charge is -2.17. The maximum Gasteiger partial charge on any atom is 0.263 e. The summed E-state index contributed by atoms with van der Waals surface area (Å²) < 4.78 is 1.66. The Morgan fingerprint density at radius 2 is 2.05 bits per heavy atom. The van der Waals surface area contributed by atoms with Crippen molar-refractivity contribution in [3.05, 3.63) is 20.8 Å². The molecule has 22 heavy (non-hydrogen) atoms. The largest absolute Gasteiger partial charge is 0.348 e. The highest BCUT2D eigenvalue weighted by Gasteiger charge is 2.21. The molecule has 2 aromatic heterocycles. The zero-order valence-corrected chi connectivity index (χ0v) is 15.4. The van der Waals surface area contributed by atoms with Gasteiger partial charge in [-0.05, 0) is 33.3 Å². The molecular formula is C15H21N3O2S2. The summed E-state index contributed by atoms with van der Waals surface area (Å²) in [6.45, 7) is 8.27. The summed E-state index contributed by atoms with van der Waals surface area (Å²) in [5, 5.41) is 1.04. The Balaban J connectivity index is 2.55. The fourth-order valence-corrected chi connectivity index (χ4v) is 4.44. The van der Waals surface area contributed by atoms with Gasteiger partial charge < -0.3 is 4.90 Å². The minimum absolute atomic E-state index is 0.0126. The average molecular weight is 339 g/mol. The van der Waals surface area contributed by atoms with Gasteiger partial charge in [0.2, 0.25) is 5.91 Å². The third-order valence-corrected chi connectivity index (χ3v) is 5.82. The van der Waals surface area contributed by atoms with Crippen molar-refractivity contribution >= 4 is 39.2 Å². The molecule has 1 unspecified atom stereocenters. The van der Waals surface area contributed by atoms with Crippen LogP contribution in [0.2, 0.25) is 0 Å². The summed E-state index contributed by atoms with van der Waals surface area (Å²) in [4.78, 5) is 32.8. The zero-order valence-electron chi connectivity index (χ0n) is 13.8. The molecule has 120 valence electrons. The number of aryl methyl sites for hydroxylation is 2. The van der Waals surface area contributed by atoms with Crippen molar-refractivity contribution < 1.29 is 4.79 Å². The predicted molar refractivity (Wildman–Crippen MR) is 93.0 cm³/mol. The van der Waals surface area contributed by atoms with E-state index in [1.807, 2.05) is 27.7 Å². The number of hydrogen-bond donors (Lipinski definition) is 0. The van der Waals surface area contributed by atoms with Crippen molar-refractivity contribution in [2.75, 3.05) is 14.1 Å². The van der Waals surface area contributed by atoms with Crippen LogP contribution in [0.4, 0.5) is 0 Å². The van der Waals surface area contributed by atoms with Gasteiger partial charge in [0.1, 0.15) is 4.83 Å². The van der Waals surface area contributed by atoms with Crippen LogP contribution in [0.1, 0.15) is 24.3 Å². The molecule has 0 aromatic carbocycles. The molecule has 7 heteroatoms. The SMILES string of the molecule is CCn1c(SC(C)C(=O)N(C)C)nc2sc(C)c(C)c2c1=O. The van der Waals surface area contributed by atoms with E-state index in [9.17, 15) is 9.59 Å². The van der Waals surface area contributed by atoms with Crippen LogP contribution in [0.15, 0.2) is 9.95 Å². The Morgan fingerprint density at radius 1 is 1.41 bits per heavy atom. The Bertz CT molecular complexity index is 777. The number of carbonyl (C=O) groups is 1. The average Bonchev–Trinajstić information content (AvgIpc) is 2.73. The van der Waals surface area contributed by atoms with Crippen molar-refractivity contribution in [1.29, 1.82) is 0 Å². The van der Waals surface area contributed by atoms with Crippen LogP contribution in [0.25, 0.3) is 10.2 Å². The highest BCUT2D eigenvalue weighted by atomic mass is 32.2. The van der Waals surface area contributed by atoms with E-state index >= 15 is 0 Å². The monoisotopic (exact) mass is 339 g/mol. The number of nitrogens with zero attached hydrogens (tertiary/aromatic N) is 3. The molecule has 0 spiro atoms. The van der Waals surface area contributed by atoms with Crippen molar-refractivity contribution in [3.63, 3.8) is 0 Å². The standard InChI is InChI=1S/C15H21N3O2S2/c1-7-18-14(20)11-8(2)9(3)21-12(11)16-15(18)22-10(4)13(19)17(5)6/h10H,7H2,1-6H3. The first-order valence-electron chi connectivity index (χ1n) is 7.16. The smallest absolute Gasteiger partial charge is 0.263 e. The summed E-state index contributed by atoms with van der Waals surface area (Å²) in [6, 6.07) is 0. The summed E-state index contributed by atoms with van der Waals surface area (Å²) in [6.07, 6.45) is 0. The molecule has 0 aliphatic carbocycles. The van der Waals surface area contributed by atoms with E-state index in [0.717, 1.165) is 15.3 Å². The van der Waals surface area contributed by atoms with Crippen molar-refractivity contribution in [2.45, 2.75) is 44.6 Å². The number of thiophene rings is 1. The van der Waals surface area contributed by atoms with Crippen LogP contribution in [0.5, 0.6) is 0 Å².